The van der Waals surface area contributed by atoms with E-state index in [1.165, 1.54) is 10.8 Å². The Morgan fingerprint density at radius 2 is 1.27 bits per heavy atom. The van der Waals surface area contributed by atoms with E-state index in [2.05, 4.69) is 15.9 Å². The molecule has 0 spiro atoms. The van der Waals surface area contributed by atoms with Gasteiger partial charge in [-0.1, -0.05) is 70.5 Å². The van der Waals surface area contributed by atoms with E-state index in [0.717, 1.165) is 15.6 Å². The van der Waals surface area contributed by atoms with Gasteiger partial charge in [-0.2, -0.15) is 0 Å². The van der Waals surface area contributed by atoms with Crippen LogP contribution in [0.5, 0.6) is 0 Å². The standard InChI is InChI=1S/C18H17BrO2S/c19-18-12-10-17(11-13-18)9-5-15-22(20,21)14-4-8-16-6-2-1-3-7-16/h1-7,10-15H,8-9H2/b14-4+,15-5+. The first kappa shape index (κ1) is 16.7. The van der Waals surface area contributed by atoms with Crippen LogP contribution >= 0.6 is 15.9 Å². The molecule has 0 aromatic heterocycles. The van der Waals surface area contributed by atoms with Crippen molar-refractivity contribution in [1.82, 2.24) is 0 Å². The molecule has 114 valence electrons. The van der Waals surface area contributed by atoms with E-state index in [0.29, 0.717) is 12.8 Å². The second-order valence-corrected chi connectivity index (χ2v) is 7.49. The van der Waals surface area contributed by atoms with Crippen molar-refractivity contribution in [2.24, 2.45) is 0 Å². The molecule has 0 unspecified atom stereocenters. The van der Waals surface area contributed by atoms with E-state index in [9.17, 15) is 8.42 Å². The largest absolute Gasteiger partial charge is 0.220 e. The van der Waals surface area contributed by atoms with Crippen molar-refractivity contribution in [3.8, 4) is 0 Å². The van der Waals surface area contributed by atoms with Gasteiger partial charge < -0.3 is 0 Å². The number of allylic oxidation sites excluding steroid dienone is 2. The van der Waals surface area contributed by atoms with Gasteiger partial charge in [0.05, 0.1) is 0 Å². The van der Waals surface area contributed by atoms with Crippen LogP contribution in [0.2, 0.25) is 0 Å². The second-order valence-electron chi connectivity index (χ2n) is 4.85. The van der Waals surface area contributed by atoms with Gasteiger partial charge in [0.25, 0.3) is 0 Å². The summed E-state index contributed by atoms with van der Waals surface area (Å²) in [6.07, 6.45) is 4.56. The molecule has 0 aliphatic carbocycles. The summed E-state index contributed by atoms with van der Waals surface area (Å²) in [5.74, 6) is 0. The molecule has 4 heteroatoms. The fourth-order valence-corrected chi connectivity index (χ4v) is 3.00. The van der Waals surface area contributed by atoms with Crippen LogP contribution in [-0.2, 0) is 22.7 Å². The fourth-order valence-electron chi connectivity index (χ4n) is 1.92. The van der Waals surface area contributed by atoms with Crippen LogP contribution in [0, 0.1) is 0 Å². The summed E-state index contributed by atoms with van der Waals surface area (Å²) in [6, 6.07) is 17.6. The Morgan fingerprint density at radius 3 is 1.82 bits per heavy atom. The zero-order valence-electron chi connectivity index (χ0n) is 12.0. The normalized spacial score (nSPS) is 12.2. The smallest absolute Gasteiger partial charge is 0.192 e. The highest BCUT2D eigenvalue weighted by Crippen LogP contribution is 2.11. The van der Waals surface area contributed by atoms with E-state index in [1.807, 2.05) is 54.6 Å². The third-order valence-corrected chi connectivity index (χ3v) is 4.71. The van der Waals surface area contributed by atoms with Gasteiger partial charge in [0.1, 0.15) is 0 Å². The van der Waals surface area contributed by atoms with Crippen molar-refractivity contribution in [1.29, 1.82) is 0 Å². The number of hydrogen-bond donors (Lipinski definition) is 0. The number of hydrogen-bond acceptors (Lipinski definition) is 2. The van der Waals surface area contributed by atoms with Crippen LogP contribution in [0.3, 0.4) is 0 Å². The van der Waals surface area contributed by atoms with Crippen molar-refractivity contribution in [2.75, 3.05) is 0 Å². The Kier molecular flexibility index (Phi) is 6.16. The van der Waals surface area contributed by atoms with Gasteiger partial charge in [0.15, 0.2) is 9.84 Å². The minimum atomic E-state index is -3.30. The zero-order valence-corrected chi connectivity index (χ0v) is 14.4. The van der Waals surface area contributed by atoms with E-state index in [1.54, 1.807) is 12.2 Å². The maximum atomic E-state index is 11.9. The summed E-state index contributed by atoms with van der Waals surface area (Å²) < 4.78 is 24.8. The Morgan fingerprint density at radius 1 is 0.773 bits per heavy atom. The van der Waals surface area contributed by atoms with E-state index >= 15 is 0 Å². The minimum absolute atomic E-state index is 0.596. The fraction of sp³-hybridized carbons (Fsp3) is 0.111. The molecular weight excluding hydrogens is 360 g/mol. The summed E-state index contributed by atoms with van der Waals surface area (Å²) in [5.41, 5.74) is 2.16. The van der Waals surface area contributed by atoms with Gasteiger partial charge >= 0.3 is 0 Å². The molecule has 0 heterocycles. The summed E-state index contributed by atoms with van der Waals surface area (Å²) in [5, 5.41) is 2.52. The molecule has 0 N–H and O–H groups in total. The summed E-state index contributed by atoms with van der Waals surface area (Å²) in [6.45, 7) is 0. The van der Waals surface area contributed by atoms with E-state index in [-0.39, 0.29) is 0 Å². The van der Waals surface area contributed by atoms with Crippen molar-refractivity contribution in [3.05, 3.63) is 93.2 Å². The molecule has 0 bridgehead atoms. The first-order chi connectivity index (χ1) is 10.6. The van der Waals surface area contributed by atoms with Gasteiger partial charge in [-0.25, -0.2) is 8.42 Å². The molecule has 0 saturated carbocycles. The predicted molar refractivity (Wildman–Crippen MR) is 95.2 cm³/mol. The minimum Gasteiger partial charge on any atom is -0.220 e. The highest BCUT2D eigenvalue weighted by Gasteiger charge is 1.99. The molecule has 0 aliphatic rings. The van der Waals surface area contributed by atoms with Gasteiger partial charge in [0, 0.05) is 15.3 Å². The van der Waals surface area contributed by atoms with Gasteiger partial charge in [-0.3, -0.25) is 0 Å². The summed E-state index contributed by atoms with van der Waals surface area (Å²) in [7, 11) is -3.30. The molecule has 2 nitrogen and oxygen atoms in total. The van der Waals surface area contributed by atoms with Crippen molar-refractivity contribution < 1.29 is 8.42 Å². The van der Waals surface area contributed by atoms with Crippen molar-refractivity contribution >= 4 is 25.8 Å². The van der Waals surface area contributed by atoms with Crippen LogP contribution in [0.1, 0.15) is 11.1 Å². The topological polar surface area (TPSA) is 34.1 Å². The zero-order chi connectivity index (χ0) is 15.8. The number of rotatable bonds is 6. The Labute approximate surface area is 140 Å². The van der Waals surface area contributed by atoms with E-state index in [4.69, 9.17) is 0 Å². The molecule has 2 aromatic carbocycles. The maximum absolute atomic E-state index is 11.9. The molecule has 2 aromatic rings. The lowest BCUT2D eigenvalue weighted by atomic mass is 10.2. The Hall–Kier alpha value is -1.65. The van der Waals surface area contributed by atoms with Crippen molar-refractivity contribution in [2.45, 2.75) is 12.8 Å². The molecule has 0 fully saturated rings. The first-order valence-corrected chi connectivity index (χ1v) is 9.32. The third kappa shape index (κ3) is 6.00. The van der Waals surface area contributed by atoms with E-state index < -0.39 is 9.84 Å². The molecule has 0 amide bonds. The molecule has 22 heavy (non-hydrogen) atoms. The van der Waals surface area contributed by atoms with Gasteiger partial charge in [0.2, 0.25) is 0 Å². The molecule has 0 aliphatic heterocycles. The molecule has 0 atom stereocenters. The van der Waals surface area contributed by atoms with Crippen LogP contribution in [-0.4, -0.2) is 8.42 Å². The third-order valence-electron chi connectivity index (χ3n) is 3.03. The number of halogens is 1. The first-order valence-electron chi connectivity index (χ1n) is 6.92. The van der Waals surface area contributed by atoms with Crippen LogP contribution < -0.4 is 0 Å². The molecular formula is C18H17BrO2S. The monoisotopic (exact) mass is 376 g/mol. The average Bonchev–Trinajstić information content (AvgIpc) is 2.50. The van der Waals surface area contributed by atoms with Crippen LogP contribution in [0.4, 0.5) is 0 Å². The SMILES string of the molecule is O=S(=O)(/C=C/Cc1ccccc1)/C=C/Cc1ccc(Br)cc1. The van der Waals surface area contributed by atoms with Crippen LogP contribution in [0.15, 0.2) is 82.0 Å². The highest BCUT2D eigenvalue weighted by molar-refractivity contribution is 9.10. The van der Waals surface area contributed by atoms with Crippen molar-refractivity contribution in [3.63, 3.8) is 0 Å². The molecule has 0 radical (unpaired) electrons. The lowest BCUT2D eigenvalue weighted by Crippen LogP contribution is -1.90. The Bertz CT molecular complexity index is 745. The van der Waals surface area contributed by atoms with Crippen LogP contribution in [0.25, 0.3) is 0 Å². The predicted octanol–water partition coefficient (Wildman–Crippen LogP) is 4.68. The average molecular weight is 377 g/mol. The number of benzene rings is 2. The van der Waals surface area contributed by atoms with Gasteiger partial charge in [-0.05, 0) is 36.1 Å². The summed E-state index contributed by atoms with van der Waals surface area (Å²) >= 11 is 3.37. The Balaban J connectivity index is 1.90. The number of sulfone groups is 1. The molecule has 0 saturated heterocycles. The lowest BCUT2D eigenvalue weighted by Gasteiger charge is -1.96. The second kappa shape index (κ2) is 8.11. The molecule has 2 rings (SSSR count). The highest BCUT2D eigenvalue weighted by atomic mass is 79.9. The summed E-state index contributed by atoms with van der Waals surface area (Å²) in [4.78, 5) is 0. The van der Waals surface area contributed by atoms with Gasteiger partial charge in [-0.15, -0.1) is 0 Å². The maximum Gasteiger partial charge on any atom is 0.192 e. The lowest BCUT2D eigenvalue weighted by molar-refractivity contribution is 0.612. The quantitative estimate of drug-likeness (QED) is 0.733.